The number of hydrogen-bond acceptors (Lipinski definition) is 5. The topological polar surface area (TPSA) is 107 Å². The first-order valence-electron chi connectivity index (χ1n) is 7.16. The number of carbonyl (C=O) groups is 1. The standard InChI is InChI=1S/C16H13N5O2/c17-14-12(15(22)23)8-21(20-14)16-18-7-10-6-5-9-3-1-2-4-11(9)13(10)19-16/h1-4,7-8H,5-6H2,(H2,17,20)(H,22,23). The molecule has 0 amide bonds. The Bertz CT molecular complexity index is 932. The smallest absolute Gasteiger partial charge is 0.341 e. The number of nitrogens with two attached hydrogens (primary N) is 1. The van der Waals surface area contributed by atoms with Crippen LogP contribution >= 0.6 is 0 Å². The van der Waals surface area contributed by atoms with Crippen LogP contribution in [0.25, 0.3) is 17.2 Å². The largest absolute Gasteiger partial charge is 0.477 e. The van der Waals surface area contributed by atoms with Gasteiger partial charge in [-0.2, -0.15) is 0 Å². The monoisotopic (exact) mass is 307 g/mol. The Morgan fingerprint density at radius 3 is 2.78 bits per heavy atom. The van der Waals surface area contributed by atoms with Crippen molar-refractivity contribution in [2.24, 2.45) is 0 Å². The van der Waals surface area contributed by atoms with E-state index in [1.807, 2.05) is 18.2 Å². The van der Waals surface area contributed by atoms with E-state index in [0.717, 1.165) is 29.7 Å². The molecule has 2 heterocycles. The third kappa shape index (κ3) is 2.13. The van der Waals surface area contributed by atoms with Crippen LogP contribution in [0.3, 0.4) is 0 Å². The van der Waals surface area contributed by atoms with E-state index >= 15 is 0 Å². The second-order valence-electron chi connectivity index (χ2n) is 5.38. The number of aryl methyl sites for hydroxylation is 2. The summed E-state index contributed by atoms with van der Waals surface area (Å²) in [5.41, 5.74) is 9.83. The lowest BCUT2D eigenvalue weighted by Crippen LogP contribution is -2.10. The molecule has 3 aromatic rings. The van der Waals surface area contributed by atoms with Crippen LogP contribution in [-0.2, 0) is 12.8 Å². The van der Waals surface area contributed by atoms with Gasteiger partial charge in [-0.1, -0.05) is 24.3 Å². The molecular weight excluding hydrogens is 294 g/mol. The second kappa shape index (κ2) is 4.91. The van der Waals surface area contributed by atoms with Gasteiger partial charge in [0.1, 0.15) is 5.56 Å². The van der Waals surface area contributed by atoms with E-state index in [-0.39, 0.29) is 11.4 Å². The number of fused-ring (bicyclic) bond motifs is 3. The van der Waals surface area contributed by atoms with Crippen molar-refractivity contribution in [1.82, 2.24) is 19.7 Å². The van der Waals surface area contributed by atoms with Crippen LogP contribution in [-0.4, -0.2) is 30.8 Å². The van der Waals surface area contributed by atoms with Crippen LogP contribution < -0.4 is 5.73 Å². The van der Waals surface area contributed by atoms with Crippen LogP contribution in [0.2, 0.25) is 0 Å². The van der Waals surface area contributed by atoms with Gasteiger partial charge in [-0.15, -0.1) is 5.10 Å². The maximum absolute atomic E-state index is 11.1. The summed E-state index contributed by atoms with van der Waals surface area (Å²) in [6.45, 7) is 0. The average molecular weight is 307 g/mol. The molecule has 2 aromatic heterocycles. The summed E-state index contributed by atoms with van der Waals surface area (Å²) in [6.07, 6.45) is 4.94. The molecule has 0 aliphatic heterocycles. The Morgan fingerprint density at radius 1 is 1.22 bits per heavy atom. The van der Waals surface area contributed by atoms with Gasteiger partial charge in [0.2, 0.25) is 0 Å². The maximum Gasteiger partial charge on any atom is 0.341 e. The van der Waals surface area contributed by atoms with Crippen molar-refractivity contribution in [2.75, 3.05) is 5.73 Å². The highest BCUT2D eigenvalue weighted by molar-refractivity contribution is 5.92. The highest BCUT2D eigenvalue weighted by Gasteiger charge is 2.20. The number of benzene rings is 1. The molecule has 0 saturated heterocycles. The molecule has 0 spiro atoms. The van der Waals surface area contributed by atoms with E-state index in [1.54, 1.807) is 6.20 Å². The minimum Gasteiger partial charge on any atom is -0.477 e. The normalized spacial score (nSPS) is 12.5. The van der Waals surface area contributed by atoms with Crippen molar-refractivity contribution in [3.8, 4) is 17.2 Å². The van der Waals surface area contributed by atoms with Crippen molar-refractivity contribution in [2.45, 2.75) is 12.8 Å². The van der Waals surface area contributed by atoms with E-state index in [2.05, 4.69) is 21.1 Å². The molecule has 0 radical (unpaired) electrons. The lowest BCUT2D eigenvalue weighted by Gasteiger charge is -2.18. The fourth-order valence-corrected chi connectivity index (χ4v) is 2.82. The minimum atomic E-state index is -1.13. The SMILES string of the molecule is Nc1nn(-c2ncc3c(n2)-c2ccccc2CC3)cc1C(=O)O. The van der Waals surface area contributed by atoms with Gasteiger partial charge in [-0.05, 0) is 24.0 Å². The van der Waals surface area contributed by atoms with E-state index in [4.69, 9.17) is 10.8 Å². The van der Waals surface area contributed by atoms with Gasteiger partial charge < -0.3 is 10.8 Å². The Kier molecular flexibility index (Phi) is 2.87. The molecule has 0 saturated carbocycles. The number of nitrogen functional groups attached to an aromatic ring is 1. The van der Waals surface area contributed by atoms with E-state index in [9.17, 15) is 4.79 Å². The predicted molar refractivity (Wildman–Crippen MR) is 83.4 cm³/mol. The van der Waals surface area contributed by atoms with Gasteiger partial charge in [0.25, 0.3) is 5.95 Å². The summed E-state index contributed by atoms with van der Waals surface area (Å²) in [7, 11) is 0. The molecular formula is C16H13N5O2. The second-order valence-corrected chi connectivity index (χ2v) is 5.38. The molecule has 7 nitrogen and oxygen atoms in total. The molecule has 3 N–H and O–H groups in total. The zero-order valence-corrected chi connectivity index (χ0v) is 12.1. The molecule has 4 rings (SSSR count). The molecule has 1 aliphatic carbocycles. The van der Waals surface area contributed by atoms with E-state index in [0.29, 0.717) is 5.95 Å². The zero-order chi connectivity index (χ0) is 16.0. The highest BCUT2D eigenvalue weighted by Crippen LogP contribution is 2.31. The number of anilines is 1. The summed E-state index contributed by atoms with van der Waals surface area (Å²) >= 11 is 0. The summed E-state index contributed by atoms with van der Waals surface area (Å²) in [5.74, 6) is -0.879. The number of aromatic nitrogens is 4. The molecule has 114 valence electrons. The van der Waals surface area contributed by atoms with Crippen LogP contribution in [0.5, 0.6) is 0 Å². The number of rotatable bonds is 2. The first kappa shape index (κ1) is 13.4. The third-order valence-electron chi connectivity index (χ3n) is 3.97. The van der Waals surface area contributed by atoms with Crippen molar-refractivity contribution in [3.63, 3.8) is 0 Å². The van der Waals surface area contributed by atoms with Crippen molar-refractivity contribution >= 4 is 11.8 Å². The summed E-state index contributed by atoms with van der Waals surface area (Å²) < 4.78 is 1.30. The molecule has 0 bridgehead atoms. The number of carboxylic acid groups (broad SMARTS) is 1. The number of aromatic carboxylic acids is 1. The van der Waals surface area contributed by atoms with Crippen molar-refractivity contribution in [3.05, 3.63) is 53.3 Å². The van der Waals surface area contributed by atoms with Gasteiger partial charge >= 0.3 is 5.97 Å². The Labute approximate surface area is 131 Å². The van der Waals surface area contributed by atoms with Gasteiger partial charge in [0.05, 0.1) is 11.9 Å². The summed E-state index contributed by atoms with van der Waals surface area (Å²) in [5, 5.41) is 13.1. The molecule has 1 aromatic carbocycles. The van der Waals surface area contributed by atoms with Crippen LogP contribution in [0.4, 0.5) is 5.82 Å². The van der Waals surface area contributed by atoms with E-state index in [1.165, 1.54) is 16.4 Å². The minimum absolute atomic E-state index is 0.0563. The molecule has 0 fully saturated rings. The van der Waals surface area contributed by atoms with E-state index < -0.39 is 5.97 Å². The first-order valence-corrected chi connectivity index (χ1v) is 7.16. The lowest BCUT2D eigenvalue weighted by molar-refractivity contribution is 0.0698. The fourth-order valence-electron chi connectivity index (χ4n) is 2.82. The van der Waals surface area contributed by atoms with Crippen molar-refractivity contribution in [1.29, 1.82) is 0 Å². The fraction of sp³-hybridized carbons (Fsp3) is 0.125. The maximum atomic E-state index is 11.1. The van der Waals surface area contributed by atoms with Crippen molar-refractivity contribution < 1.29 is 9.90 Å². The van der Waals surface area contributed by atoms with Gasteiger partial charge in [-0.25, -0.2) is 19.4 Å². The summed E-state index contributed by atoms with van der Waals surface area (Å²) in [6, 6.07) is 8.11. The molecule has 1 aliphatic rings. The van der Waals surface area contributed by atoms with Gasteiger partial charge in [0.15, 0.2) is 5.82 Å². The Balaban J connectivity index is 1.85. The quantitative estimate of drug-likeness (QED) is 0.746. The molecule has 0 unspecified atom stereocenters. The Morgan fingerprint density at radius 2 is 2.00 bits per heavy atom. The molecule has 23 heavy (non-hydrogen) atoms. The average Bonchev–Trinajstić information content (AvgIpc) is 2.96. The number of carboxylic acids is 1. The Hall–Kier alpha value is -3.22. The lowest BCUT2D eigenvalue weighted by atomic mass is 9.90. The summed E-state index contributed by atoms with van der Waals surface area (Å²) in [4.78, 5) is 20.0. The number of hydrogen-bond donors (Lipinski definition) is 2. The predicted octanol–water partition coefficient (Wildman–Crippen LogP) is 1.71. The van der Waals surface area contributed by atoms with Crippen LogP contribution in [0.15, 0.2) is 36.7 Å². The first-order chi connectivity index (χ1) is 11.1. The highest BCUT2D eigenvalue weighted by atomic mass is 16.4. The van der Waals surface area contributed by atoms with Gasteiger partial charge in [-0.3, -0.25) is 0 Å². The van der Waals surface area contributed by atoms with Crippen LogP contribution in [0.1, 0.15) is 21.5 Å². The van der Waals surface area contributed by atoms with Gasteiger partial charge in [0, 0.05) is 11.8 Å². The number of nitrogens with zero attached hydrogens (tertiary/aromatic N) is 4. The molecule has 0 atom stereocenters. The van der Waals surface area contributed by atoms with Crippen LogP contribution in [0, 0.1) is 0 Å². The molecule has 7 heteroatoms. The third-order valence-corrected chi connectivity index (χ3v) is 3.97. The zero-order valence-electron chi connectivity index (χ0n) is 12.1.